The molecule has 2 aromatic carbocycles. The summed E-state index contributed by atoms with van der Waals surface area (Å²) in [6.45, 7) is 5.58. The lowest BCUT2D eigenvalue weighted by Crippen LogP contribution is -2.10. The number of hydrogen-bond donors (Lipinski definition) is 1. The molecule has 0 saturated heterocycles. The molecule has 0 aliphatic rings. The van der Waals surface area contributed by atoms with E-state index in [0.29, 0.717) is 17.4 Å². The molecular weight excluding hydrogens is 352 g/mol. The van der Waals surface area contributed by atoms with Crippen LogP contribution in [0.2, 0.25) is 0 Å². The van der Waals surface area contributed by atoms with E-state index in [1.165, 1.54) is 12.1 Å². The molecule has 1 aromatic heterocycles. The van der Waals surface area contributed by atoms with Gasteiger partial charge in [-0.15, -0.1) is 0 Å². The highest BCUT2D eigenvalue weighted by molar-refractivity contribution is 6.05. The molecule has 3 rings (SSSR count). The van der Waals surface area contributed by atoms with Gasteiger partial charge < -0.3 is 14.5 Å². The predicted molar refractivity (Wildman–Crippen MR) is 101 cm³/mol. The number of furan rings is 1. The highest BCUT2D eigenvalue weighted by Gasteiger charge is 2.17. The summed E-state index contributed by atoms with van der Waals surface area (Å²) in [5.41, 5.74) is 3.83. The fourth-order valence-electron chi connectivity index (χ4n) is 3.03. The Morgan fingerprint density at radius 2 is 1.96 bits per heavy atom. The van der Waals surface area contributed by atoms with Crippen LogP contribution in [-0.2, 0) is 4.79 Å². The van der Waals surface area contributed by atoms with Crippen molar-refractivity contribution in [2.45, 2.75) is 20.8 Å². The molecule has 140 valence electrons. The van der Waals surface area contributed by atoms with Gasteiger partial charge in [-0.3, -0.25) is 4.79 Å². The van der Waals surface area contributed by atoms with Crippen molar-refractivity contribution in [3.8, 4) is 5.75 Å². The normalized spacial score (nSPS) is 11.7. The van der Waals surface area contributed by atoms with E-state index in [2.05, 4.69) is 5.32 Å². The maximum atomic E-state index is 13.7. The molecule has 1 amide bonds. The Balaban J connectivity index is 1.97. The molecule has 0 spiro atoms. The lowest BCUT2D eigenvalue weighted by atomic mass is 9.98. The van der Waals surface area contributed by atoms with E-state index in [-0.39, 0.29) is 5.69 Å². The van der Waals surface area contributed by atoms with Gasteiger partial charge in [-0.1, -0.05) is 0 Å². The van der Waals surface area contributed by atoms with Gasteiger partial charge in [-0.05, 0) is 50.1 Å². The lowest BCUT2D eigenvalue weighted by Gasteiger charge is -2.13. The number of nitrogens with one attached hydrogen (secondary N) is 1. The Kier molecular flexibility index (Phi) is 4.99. The molecule has 27 heavy (non-hydrogen) atoms. The van der Waals surface area contributed by atoms with Crippen LogP contribution >= 0.6 is 0 Å². The Bertz CT molecular complexity index is 1070. The first-order valence-corrected chi connectivity index (χ1v) is 8.32. The minimum Gasteiger partial charge on any atom is -0.496 e. The minimum atomic E-state index is -0.835. The number of allylic oxidation sites excluding steroid dienone is 1. The van der Waals surface area contributed by atoms with Crippen LogP contribution in [-0.4, -0.2) is 13.0 Å². The number of carbonyl (C=O) groups excluding carboxylic acids is 1. The van der Waals surface area contributed by atoms with Crippen molar-refractivity contribution in [3.63, 3.8) is 0 Å². The Morgan fingerprint density at radius 1 is 1.22 bits per heavy atom. The van der Waals surface area contributed by atoms with Crippen LogP contribution in [0.4, 0.5) is 14.5 Å². The number of rotatable bonds is 4. The van der Waals surface area contributed by atoms with E-state index < -0.39 is 17.5 Å². The molecule has 0 fully saturated rings. The molecule has 0 radical (unpaired) electrons. The van der Waals surface area contributed by atoms with E-state index in [4.69, 9.17) is 9.15 Å². The van der Waals surface area contributed by atoms with Crippen LogP contribution in [0.1, 0.15) is 23.6 Å². The summed E-state index contributed by atoms with van der Waals surface area (Å²) in [6.07, 6.45) is 3.02. The first kappa shape index (κ1) is 18.6. The van der Waals surface area contributed by atoms with Crippen LogP contribution in [0, 0.1) is 25.5 Å². The number of carbonyl (C=O) groups is 1. The monoisotopic (exact) mass is 371 g/mol. The summed E-state index contributed by atoms with van der Waals surface area (Å²) >= 11 is 0. The zero-order valence-corrected chi connectivity index (χ0v) is 15.4. The number of benzene rings is 2. The molecule has 1 heterocycles. The van der Waals surface area contributed by atoms with Gasteiger partial charge in [0.2, 0.25) is 5.91 Å². The molecule has 0 aliphatic carbocycles. The second-order valence-corrected chi connectivity index (χ2v) is 6.32. The van der Waals surface area contributed by atoms with Gasteiger partial charge in [-0.2, -0.15) is 0 Å². The predicted octanol–water partition coefficient (Wildman–Crippen LogP) is 5.38. The largest absolute Gasteiger partial charge is 0.496 e. The zero-order chi connectivity index (χ0) is 19.7. The fourth-order valence-corrected chi connectivity index (χ4v) is 3.03. The average Bonchev–Trinajstić information content (AvgIpc) is 2.98. The Morgan fingerprint density at radius 3 is 2.63 bits per heavy atom. The van der Waals surface area contributed by atoms with Gasteiger partial charge in [0.15, 0.2) is 0 Å². The van der Waals surface area contributed by atoms with E-state index in [1.54, 1.807) is 20.3 Å². The Hall–Kier alpha value is -3.15. The fraction of sp³-hybridized carbons (Fsp3) is 0.190. The maximum absolute atomic E-state index is 13.7. The summed E-state index contributed by atoms with van der Waals surface area (Å²) in [7, 11) is 1.55. The van der Waals surface area contributed by atoms with Crippen LogP contribution in [0.15, 0.2) is 41.0 Å². The smallest absolute Gasteiger partial charge is 0.248 e. The van der Waals surface area contributed by atoms with E-state index in [0.717, 1.165) is 33.7 Å². The standard InChI is InChI=1S/C21H19F2NO3/c1-11(7-19(25)24-18-6-5-14(22)8-17(18)23)15-9-16-12(2)10-27-21(16)13(3)20(15)26-4/h5-10H,1-4H3,(H,24,25)/b11-7+. The van der Waals surface area contributed by atoms with E-state index in [9.17, 15) is 13.6 Å². The molecule has 0 aliphatic heterocycles. The molecule has 0 bridgehead atoms. The van der Waals surface area contributed by atoms with Crippen LogP contribution in [0.5, 0.6) is 5.75 Å². The summed E-state index contributed by atoms with van der Waals surface area (Å²) in [5, 5.41) is 3.35. The Labute approximate surface area is 155 Å². The second-order valence-electron chi connectivity index (χ2n) is 6.32. The van der Waals surface area contributed by atoms with Gasteiger partial charge in [0.1, 0.15) is 23.0 Å². The number of fused-ring (bicyclic) bond motifs is 1. The van der Waals surface area contributed by atoms with Gasteiger partial charge in [0.05, 0.1) is 19.1 Å². The number of ether oxygens (including phenoxy) is 1. The molecule has 0 saturated carbocycles. The van der Waals surface area contributed by atoms with Crippen LogP contribution in [0.3, 0.4) is 0 Å². The third-order valence-electron chi connectivity index (χ3n) is 4.40. The third-order valence-corrected chi connectivity index (χ3v) is 4.40. The quantitative estimate of drug-likeness (QED) is 0.627. The molecule has 1 N–H and O–H groups in total. The van der Waals surface area contributed by atoms with Crippen LogP contribution < -0.4 is 10.1 Å². The summed E-state index contributed by atoms with van der Waals surface area (Å²) in [5.74, 6) is -1.47. The van der Waals surface area contributed by atoms with Gasteiger partial charge in [0.25, 0.3) is 0 Å². The number of halogens is 2. The van der Waals surface area contributed by atoms with Crippen molar-refractivity contribution >= 4 is 28.1 Å². The summed E-state index contributed by atoms with van der Waals surface area (Å²) in [4.78, 5) is 12.3. The van der Waals surface area contributed by atoms with E-state index >= 15 is 0 Å². The van der Waals surface area contributed by atoms with Crippen molar-refractivity contribution in [3.05, 3.63) is 64.9 Å². The van der Waals surface area contributed by atoms with Crippen molar-refractivity contribution in [1.29, 1.82) is 0 Å². The zero-order valence-electron chi connectivity index (χ0n) is 15.4. The maximum Gasteiger partial charge on any atom is 0.248 e. The second kappa shape index (κ2) is 7.23. The molecule has 0 unspecified atom stereocenters. The van der Waals surface area contributed by atoms with Crippen molar-refractivity contribution < 1.29 is 22.7 Å². The first-order chi connectivity index (χ1) is 12.8. The minimum absolute atomic E-state index is 0.0882. The number of amides is 1. The first-order valence-electron chi connectivity index (χ1n) is 8.32. The van der Waals surface area contributed by atoms with Gasteiger partial charge in [0, 0.05) is 28.7 Å². The third kappa shape index (κ3) is 3.56. The lowest BCUT2D eigenvalue weighted by molar-refractivity contribution is -0.111. The van der Waals surface area contributed by atoms with Crippen molar-refractivity contribution in [1.82, 2.24) is 0 Å². The number of hydrogen-bond acceptors (Lipinski definition) is 3. The summed E-state index contributed by atoms with van der Waals surface area (Å²) < 4.78 is 37.8. The number of methoxy groups -OCH3 is 1. The molecule has 0 atom stereocenters. The molecule has 4 nitrogen and oxygen atoms in total. The highest BCUT2D eigenvalue weighted by atomic mass is 19.1. The topological polar surface area (TPSA) is 51.5 Å². The van der Waals surface area contributed by atoms with Gasteiger partial charge >= 0.3 is 0 Å². The number of anilines is 1. The molecular formula is C21H19F2NO3. The SMILES string of the molecule is COc1c(/C(C)=C/C(=O)Nc2ccc(F)cc2F)cc2c(C)coc2c1C. The van der Waals surface area contributed by atoms with Gasteiger partial charge in [-0.25, -0.2) is 8.78 Å². The van der Waals surface area contributed by atoms with E-state index in [1.807, 2.05) is 19.9 Å². The van der Waals surface area contributed by atoms with Crippen molar-refractivity contribution in [2.75, 3.05) is 12.4 Å². The molecule has 3 aromatic rings. The molecule has 6 heteroatoms. The summed E-state index contributed by atoms with van der Waals surface area (Å²) in [6, 6.07) is 4.88. The van der Waals surface area contributed by atoms with Crippen molar-refractivity contribution in [2.24, 2.45) is 0 Å². The number of aryl methyl sites for hydroxylation is 2. The highest BCUT2D eigenvalue weighted by Crippen LogP contribution is 2.37. The van der Waals surface area contributed by atoms with Crippen LogP contribution in [0.25, 0.3) is 16.5 Å². The average molecular weight is 371 g/mol.